The standard InChI is InChI=1S/C10H10FNO2S/c1-2-15(13,14)12-6-8-4-3-5-10(11)9(8)7-12/h2-5H,1,6-7H2. The van der Waals surface area contributed by atoms with Gasteiger partial charge in [-0.3, -0.25) is 0 Å². The van der Waals surface area contributed by atoms with Gasteiger partial charge in [-0.25, -0.2) is 12.8 Å². The molecule has 1 aromatic carbocycles. The smallest absolute Gasteiger partial charge is 0.208 e. The Morgan fingerprint density at radius 2 is 2.13 bits per heavy atom. The maximum Gasteiger partial charge on any atom is 0.236 e. The minimum Gasteiger partial charge on any atom is -0.208 e. The highest BCUT2D eigenvalue weighted by molar-refractivity contribution is 7.91. The molecule has 0 saturated carbocycles. The van der Waals surface area contributed by atoms with E-state index >= 15 is 0 Å². The van der Waals surface area contributed by atoms with Crippen molar-refractivity contribution < 1.29 is 12.8 Å². The summed E-state index contributed by atoms with van der Waals surface area (Å²) in [5, 5.41) is 0.886. The van der Waals surface area contributed by atoms with E-state index in [1.807, 2.05) is 0 Å². The lowest BCUT2D eigenvalue weighted by Crippen LogP contribution is -2.23. The summed E-state index contributed by atoms with van der Waals surface area (Å²) in [6, 6.07) is 4.65. The third-order valence-corrected chi connectivity index (χ3v) is 3.87. The van der Waals surface area contributed by atoms with Gasteiger partial charge in [-0.15, -0.1) is 0 Å². The van der Waals surface area contributed by atoms with Gasteiger partial charge in [0.25, 0.3) is 0 Å². The van der Waals surface area contributed by atoms with E-state index in [9.17, 15) is 12.8 Å². The summed E-state index contributed by atoms with van der Waals surface area (Å²) in [5.74, 6) is -0.353. The molecule has 15 heavy (non-hydrogen) atoms. The predicted molar refractivity (Wildman–Crippen MR) is 54.8 cm³/mol. The third kappa shape index (κ3) is 1.68. The van der Waals surface area contributed by atoms with Gasteiger partial charge in [-0.05, 0) is 11.6 Å². The molecular weight excluding hydrogens is 217 g/mol. The van der Waals surface area contributed by atoms with Crippen LogP contribution in [0, 0.1) is 5.82 Å². The Balaban J connectivity index is 2.39. The van der Waals surface area contributed by atoms with Crippen molar-refractivity contribution in [2.24, 2.45) is 0 Å². The van der Waals surface area contributed by atoms with E-state index < -0.39 is 10.0 Å². The normalized spacial score (nSPS) is 16.3. The van der Waals surface area contributed by atoms with Gasteiger partial charge in [0, 0.05) is 24.1 Å². The molecule has 1 aromatic rings. The molecule has 3 nitrogen and oxygen atoms in total. The highest BCUT2D eigenvalue weighted by atomic mass is 32.2. The van der Waals surface area contributed by atoms with Gasteiger partial charge in [0.1, 0.15) is 5.82 Å². The largest absolute Gasteiger partial charge is 0.236 e. The minimum absolute atomic E-state index is 0.0936. The number of benzene rings is 1. The average Bonchev–Trinajstić information content (AvgIpc) is 2.64. The first-order valence-electron chi connectivity index (χ1n) is 4.43. The lowest BCUT2D eigenvalue weighted by molar-refractivity contribution is 0.435. The van der Waals surface area contributed by atoms with E-state index in [1.54, 1.807) is 12.1 Å². The summed E-state index contributed by atoms with van der Waals surface area (Å²) in [6.45, 7) is 3.56. The molecule has 1 heterocycles. The summed E-state index contributed by atoms with van der Waals surface area (Å²) in [4.78, 5) is 0. The average molecular weight is 227 g/mol. The summed E-state index contributed by atoms with van der Waals surface area (Å²) in [7, 11) is -3.45. The second-order valence-electron chi connectivity index (χ2n) is 3.36. The molecule has 0 radical (unpaired) electrons. The van der Waals surface area contributed by atoms with Gasteiger partial charge >= 0.3 is 0 Å². The molecule has 0 amide bonds. The summed E-state index contributed by atoms with van der Waals surface area (Å²) in [5.41, 5.74) is 1.18. The van der Waals surface area contributed by atoms with Gasteiger partial charge in [-0.2, -0.15) is 4.31 Å². The number of rotatable bonds is 2. The van der Waals surface area contributed by atoms with Gasteiger partial charge in [-0.1, -0.05) is 18.7 Å². The van der Waals surface area contributed by atoms with Crippen LogP contribution in [-0.2, 0) is 23.1 Å². The van der Waals surface area contributed by atoms with Crippen LogP contribution in [0.1, 0.15) is 11.1 Å². The fourth-order valence-electron chi connectivity index (χ4n) is 1.64. The number of halogens is 1. The van der Waals surface area contributed by atoms with E-state index in [2.05, 4.69) is 6.58 Å². The van der Waals surface area contributed by atoms with Crippen LogP contribution in [0.15, 0.2) is 30.2 Å². The van der Waals surface area contributed by atoms with Crippen molar-refractivity contribution in [2.75, 3.05) is 0 Å². The Labute approximate surface area is 87.9 Å². The molecule has 5 heteroatoms. The summed E-state index contributed by atoms with van der Waals surface area (Å²) < 4.78 is 37.4. The third-order valence-electron chi connectivity index (χ3n) is 2.47. The van der Waals surface area contributed by atoms with Gasteiger partial charge < -0.3 is 0 Å². The highest BCUT2D eigenvalue weighted by Crippen LogP contribution is 2.27. The zero-order valence-corrected chi connectivity index (χ0v) is 8.80. The van der Waals surface area contributed by atoms with Crippen molar-refractivity contribution in [2.45, 2.75) is 13.1 Å². The zero-order valence-electron chi connectivity index (χ0n) is 7.98. The van der Waals surface area contributed by atoms with Crippen LogP contribution >= 0.6 is 0 Å². The monoisotopic (exact) mass is 227 g/mol. The van der Waals surface area contributed by atoms with Crippen LogP contribution in [0.25, 0.3) is 0 Å². The Hall–Kier alpha value is -1.20. The Morgan fingerprint density at radius 1 is 1.40 bits per heavy atom. The fourth-order valence-corrected chi connectivity index (χ4v) is 2.48. The number of sulfonamides is 1. The van der Waals surface area contributed by atoms with Crippen LogP contribution in [0.2, 0.25) is 0 Å². The van der Waals surface area contributed by atoms with E-state index in [0.717, 1.165) is 11.0 Å². The molecule has 0 aliphatic carbocycles. The zero-order chi connectivity index (χ0) is 11.1. The van der Waals surface area contributed by atoms with Crippen LogP contribution < -0.4 is 0 Å². The Kier molecular flexibility index (Phi) is 2.36. The molecule has 0 saturated heterocycles. The molecule has 2 rings (SSSR count). The summed E-state index contributed by atoms with van der Waals surface area (Å²) >= 11 is 0. The topological polar surface area (TPSA) is 37.4 Å². The highest BCUT2D eigenvalue weighted by Gasteiger charge is 2.28. The Bertz CT molecular complexity index is 510. The van der Waals surface area contributed by atoms with Gasteiger partial charge in [0.15, 0.2) is 0 Å². The van der Waals surface area contributed by atoms with E-state index in [-0.39, 0.29) is 18.9 Å². The molecular formula is C10H10FNO2S. The predicted octanol–water partition coefficient (Wildman–Crippen LogP) is 1.61. The molecule has 1 aliphatic heterocycles. The summed E-state index contributed by atoms with van der Waals surface area (Å²) in [6.07, 6.45) is 0. The van der Waals surface area contributed by atoms with Crippen LogP contribution in [0.5, 0.6) is 0 Å². The minimum atomic E-state index is -3.45. The first kappa shape index (κ1) is 10.3. The van der Waals surface area contributed by atoms with E-state index in [1.165, 1.54) is 10.4 Å². The number of nitrogens with zero attached hydrogens (tertiary/aromatic N) is 1. The van der Waals surface area contributed by atoms with Crippen molar-refractivity contribution in [3.05, 3.63) is 47.1 Å². The number of fused-ring (bicyclic) bond motifs is 1. The molecule has 0 fully saturated rings. The molecule has 1 aliphatic rings. The number of hydrogen-bond acceptors (Lipinski definition) is 2. The van der Waals surface area contributed by atoms with Crippen LogP contribution in [0.4, 0.5) is 4.39 Å². The molecule has 0 bridgehead atoms. The molecule has 0 aromatic heterocycles. The van der Waals surface area contributed by atoms with Gasteiger partial charge in [0.2, 0.25) is 10.0 Å². The first-order chi connectivity index (χ1) is 7.04. The first-order valence-corrected chi connectivity index (χ1v) is 5.94. The second-order valence-corrected chi connectivity index (χ2v) is 5.24. The SMILES string of the molecule is C=CS(=O)(=O)N1Cc2cccc(F)c2C1. The van der Waals surface area contributed by atoms with Crippen LogP contribution in [-0.4, -0.2) is 12.7 Å². The van der Waals surface area contributed by atoms with Crippen LogP contribution in [0.3, 0.4) is 0 Å². The van der Waals surface area contributed by atoms with Crippen molar-refractivity contribution in [1.29, 1.82) is 0 Å². The quantitative estimate of drug-likeness (QED) is 0.769. The Morgan fingerprint density at radius 3 is 2.73 bits per heavy atom. The van der Waals surface area contributed by atoms with E-state index in [0.29, 0.717) is 5.56 Å². The molecule has 0 atom stereocenters. The number of hydrogen-bond donors (Lipinski definition) is 0. The maximum atomic E-state index is 13.3. The fraction of sp³-hybridized carbons (Fsp3) is 0.200. The van der Waals surface area contributed by atoms with Crippen molar-refractivity contribution in [1.82, 2.24) is 4.31 Å². The van der Waals surface area contributed by atoms with Crippen molar-refractivity contribution >= 4 is 10.0 Å². The van der Waals surface area contributed by atoms with E-state index in [4.69, 9.17) is 0 Å². The molecule has 0 unspecified atom stereocenters. The maximum absolute atomic E-state index is 13.3. The second kappa shape index (κ2) is 3.43. The molecule has 0 N–H and O–H groups in total. The lowest BCUT2D eigenvalue weighted by atomic mass is 10.1. The molecule has 80 valence electrons. The van der Waals surface area contributed by atoms with Crippen molar-refractivity contribution in [3.63, 3.8) is 0 Å². The lowest BCUT2D eigenvalue weighted by Gasteiger charge is -2.11. The van der Waals surface area contributed by atoms with Gasteiger partial charge in [0.05, 0.1) is 0 Å². The van der Waals surface area contributed by atoms with Crippen molar-refractivity contribution in [3.8, 4) is 0 Å². The molecule has 0 spiro atoms.